The first-order valence-electron chi connectivity index (χ1n) is 5.66. The van der Waals surface area contributed by atoms with Crippen LogP contribution in [0, 0.1) is 5.92 Å². The molecule has 0 heterocycles. The second-order valence-electron chi connectivity index (χ2n) is 4.65. The summed E-state index contributed by atoms with van der Waals surface area (Å²) in [7, 11) is 1.67. The summed E-state index contributed by atoms with van der Waals surface area (Å²) in [5.74, 6) is -0.777. The van der Waals surface area contributed by atoms with Gasteiger partial charge in [0.15, 0.2) is 0 Å². The van der Waals surface area contributed by atoms with E-state index in [9.17, 15) is 14.7 Å². The molecule has 0 aromatic rings. The van der Waals surface area contributed by atoms with Crippen molar-refractivity contribution >= 4 is 11.9 Å². The third-order valence-electron chi connectivity index (χ3n) is 2.05. The minimum atomic E-state index is -1.05. The molecule has 6 nitrogen and oxygen atoms in total. The Bertz CT molecular complexity index is 256. The summed E-state index contributed by atoms with van der Waals surface area (Å²) >= 11 is 0. The number of hydrogen-bond acceptors (Lipinski definition) is 4. The van der Waals surface area contributed by atoms with Gasteiger partial charge < -0.3 is 15.5 Å². The van der Waals surface area contributed by atoms with Crippen molar-refractivity contribution in [3.63, 3.8) is 0 Å². The molecule has 0 rings (SSSR count). The predicted molar refractivity (Wildman–Crippen MR) is 63.6 cm³/mol. The Labute approximate surface area is 102 Å². The molecule has 1 unspecified atom stereocenters. The van der Waals surface area contributed by atoms with Gasteiger partial charge in [0.05, 0.1) is 19.1 Å². The molecule has 0 fully saturated rings. The monoisotopic (exact) mass is 246 g/mol. The maximum absolute atomic E-state index is 11.4. The molecular formula is C11H22N2O4. The number of carboxylic acids is 1. The van der Waals surface area contributed by atoms with Crippen molar-refractivity contribution in [3.8, 4) is 0 Å². The lowest BCUT2D eigenvalue weighted by atomic mass is 10.2. The summed E-state index contributed by atoms with van der Waals surface area (Å²) in [6.07, 6.45) is -1.26. The van der Waals surface area contributed by atoms with Gasteiger partial charge in [0.25, 0.3) is 0 Å². The molecular weight excluding hydrogens is 224 g/mol. The Hall–Kier alpha value is -1.14. The molecule has 0 aliphatic rings. The minimum absolute atomic E-state index is 0.122. The third kappa shape index (κ3) is 9.77. The summed E-state index contributed by atoms with van der Waals surface area (Å²) < 4.78 is 0. The fourth-order valence-corrected chi connectivity index (χ4v) is 1.31. The highest BCUT2D eigenvalue weighted by molar-refractivity contribution is 5.77. The number of nitrogens with zero attached hydrogens (tertiary/aromatic N) is 1. The summed E-state index contributed by atoms with van der Waals surface area (Å²) in [4.78, 5) is 23.3. The van der Waals surface area contributed by atoms with E-state index in [1.54, 1.807) is 11.9 Å². The highest BCUT2D eigenvalue weighted by Crippen LogP contribution is 1.95. The highest BCUT2D eigenvalue weighted by Gasteiger charge is 2.14. The zero-order valence-electron chi connectivity index (χ0n) is 10.6. The second-order valence-corrected chi connectivity index (χ2v) is 4.65. The molecule has 0 saturated carbocycles. The van der Waals surface area contributed by atoms with E-state index in [1.165, 1.54) is 0 Å². The lowest BCUT2D eigenvalue weighted by Crippen LogP contribution is -2.40. The number of amides is 1. The van der Waals surface area contributed by atoms with Crippen LogP contribution >= 0.6 is 0 Å². The van der Waals surface area contributed by atoms with Crippen molar-refractivity contribution in [3.05, 3.63) is 0 Å². The van der Waals surface area contributed by atoms with E-state index in [-0.39, 0.29) is 25.4 Å². The summed E-state index contributed by atoms with van der Waals surface area (Å²) in [5.41, 5.74) is 0. The van der Waals surface area contributed by atoms with Crippen molar-refractivity contribution in [1.82, 2.24) is 10.2 Å². The highest BCUT2D eigenvalue weighted by atomic mass is 16.4. The average Bonchev–Trinajstić information content (AvgIpc) is 2.12. The van der Waals surface area contributed by atoms with Crippen LogP contribution in [0.4, 0.5) is 0 Å². The molecule has 100 valence electrons. The molecule has 6 heteroatoms. The second kappa shape index (κ2) is 8.03. The SMILES string of the molecule is CC(C)CNC(=O)CN(C)CC(O)CC(=O)O. The van der Waals surface area contributed by atoms with Crippen molar-refractivity contribution in [2.45, 2.75) is 26.4 Å². The molecule has 3 N–H and O–H groups in total. The zero-order chi connectivity index (χ0) is 13.4. The van der Waals surface area contributed by atoms with Crippen LogP contribution in [-0.2, 0) is 9.59 Å². The number of carboxylic acid groups (broad SMARTS) is 1. The number of rotatable bonds is 8. The quantitative estimate of drug-likeness (QED) is 0.538. The van der Waals surface area contributed by atoms with E-state index in [1.807, 2.05) is 13.8 Å². The Morgan fingerprint density at radius 3 is 2.41 bits per heavy atom. The summed E-state index contributed by atoms with van der Waals surface area (Å²) in [6.45, 7) is 4.94. The van der Waals surface area contributed by atoms with Gasteiger partial charge in [-0.25, -0.2) is 0 Å². The predicted octanol–water partition coefficient (Wildman–Crippen LogP) is -0.474. The van der Waals surface area contributed by atoms with E-state index in [4.69, 9.17) is 5.11 Å². The standard InChI is InChI=1S/C11H22N2O4/c1-8(2)5-12-10(15)7-13(3)6-9(14)4-11(16)17/h8-9,14H,4-7H2,1-3H3,(H,12,15)(H,16,17). The molecule has 0 aromatic carbocycles. The van der Waals surface area contributed by atoms with Gasteiger partial charge in [0.1, 0.15) is 0 Å². The number of aliphatic hydroxyl groups is 1. The van der Waals surface area contributed by atoms with Crippen LogP contribution in [-0.4, -0.2) is 59.8 Å². The molecule has 0 aliphatic heterocycles. The number of carbonyl (C=O) groups excluding carboxylic acids is 1. The number of likely N-dealkylation sites (N-methyl/N-ethyl adjacent to an activating group) is 1. The molecule has 0 bridgehead atoms. The van der Waals surface area contributed by atoms with Gasteiger partial charge >= 0.3 is 5.97 Å². The molecule has 0 radical (unpaired) electrons. The first-order valence-corrected chi connectivity index (χ1v) is 5.66. The lowest BCUT2D eigenvalue weighted by Gasteiger charge is -2.19. The maximum atomic E-state index is 11.4. The molecule has 0 spiro atoms. The third-order valence-corrected chi connectivity index (χ3v) is 2.05. The molecule has 0 aliphatic carbocycles. The fraction of sp³-hybridized carbons (Fsp3) is 0.818. The fourth-order valence-electron chi connectivity index (χ4n) is 1.31. The number of aliphatic hydroxyl groups excluding tert-OH is 1. The normalized spacial score (nSPS) is 12.8. The van der Waals surface area contributed by atoms with E-state index in [0.29, 0.717) is 12.5 Å². The van der Waals surface area contributed by atoms with Gasteiger partial charge in [-0.15, -0.1) is 0 Å². The number of nitrogens with one attached hydrogen (secondary N) is 1. The van der Waals surface area contributed by atoms with Crippen molar-refractivity contribution in [2.75, 3.05) is 26.7 Å². The van der Waals surface area contributed by atoms with Gasteiger partial charge in [-0.3, -0.25) is 14.5 Å². The average molecular weight is 246 g/mol. The van der Waals surface area contributed by atoms with Crippen molar-refractivity contribution in [1.29, 1.82) is 0 Å². The van der Waals surface area contributed by atoms with Crippen molar-refractivity contribution in [2.24, 2.45) is 5.92 Å². The first kappa shape index (κ1) is 15.9. The number of hydrogen-bond donors (Lipinski definition) is 3. The van der Waals surface area contributed by atoms with Gasteiger partial charge in [-0.2, -0.15) is 0 Å². The topological polar surface area (TPSA) is 89.9 Å². The molecule has 0 aromatic heterocycles. The summed E-state index contributed by atoms with van der Waals surface area (Å²) in [5, 5.41) is 20.6. The minimum Gasteiger partial charge on any atom is -0.481 e. The van der Waals surface area contributed by atoms with Crippen LogP contribution in [0.1, 0.15) is 20.3 Å². The Balaban J connectivity index is 3.80. The lowest BCUT2D eigenvalue weighted by molar-refractivity contribution is -0.139. The van der Waals surface area contributed by atoms with Crippen LogP contribution in [0.2, 0.25) is 0 Å². The maximum Gasteiger partial charge on any atom is 0.306 e. The summed E-state index contributed by atoms with van der Waals surface area (Å²) in [6, 6.07) is 0. The largest absolute Gasteiger partial charge is 0.481 e. The first-order chi connectivity index (χ1) is 7.81. The van der Waals surface area contributed by atoms with Crippen LogP contribution < -0.4 is 5.32 Å². The van der Waals surface area contributed by atoms with Crippen molar-refractivity contribution < 1.29 is 19.8 Å². The molecule has 1 amide bonds. The van der Waals surface area contributed by atoms with E-state index in [2.05, 4.69) is 5.32 Å². The molecule has 0 saturated heterocycles. The number of aliphatic carboxylic acids is 1. The Kier molecular flexibility index (Phi) is 7.49. The van der Waals surface area contributed by atoms with Gasteiger partial charge in [-0.05, 0) is 13.0 Å². The molecule has 17 heavy (non-hydrogen) atoms. The van der Waals surface area contributed by atoms with Gasteiger partial charge in [-0.1, -0.05) is 13.8 Å². The van der Waals surface area contributed by atoms with E-state index in [0.717, 1.165) is 0 Å². The molecule has 1 atom stereocenters. The van der Waals surface area contributed by atoms with Crippen LogP contribution in [0.3, 0.4) is 0 Å². The Morgan fingerprint density at radius 2 is 1.94 bits per heavy atom. The Morgan fingerprint density at radius 1 is 1.35 bits per heavy atom. The zero-order valence-corrected chi connectivity index (χ0v) is 10.6. The van der Waals surface area contributed by atoms with Crippen LogP contribution in [0.15, 0.2) is 0 Å². The van der Waals surface area contributed by atoms with E-state index < -0.39 is 12.1 Å². The smallest absolute Gasteiger partial charge is 0.306 e. The van der Waals surface area contributed by atoms with Crippen LogP contribution in [0.25, 0.3) is 0 Å². The van der Waals surface area contributed by atoms with Gasteiger partial charge in [0.2, 0.25) is 5.91 Å². The van der Waals surface area contributed by atoms with E-state index >= 15 is 0 Å². The van der Waals surface area contributed by atoms with Crippen LogP contribution in [0.5, 0.6) is 0 Å². The number of carbonyl (C=O) groups is 2. The van der Waals surface area contributed by atoms with Gasteiger partial charge in [0, 0.05) is 13.1 Å².